The Hall–Kier alpha value is -0.700. The summed E-state index contributed by atoms with van der Waals surface area (Å²) in [5, 5.41) is 0. The minimum absolute atomic E-state index is 0.176. The molecule has 0 aliphatic heterocycles. The van der Waals surface area contributed by atoms with Gasteiger partial charge in [0.25, 0.3) is 0 Å². The maximum absolute atomic E-state index is 9.59. The highest BCUT2D eigenvalue weighted by Crippen LogP contribution is 1.71. The molecule has 0 amide bonds. The van der Waals surface area contributed by atoms with Crippen LogP contribution in [0.25, 0.3) is 0 Å². The average Bonchev–Trinajstić information content (AvgIpc) is 1.68. The van der Waals surface area contributed by atoms with E-state index in [9.17, 15) is 9.59 Å². The van der Waals surface area contributed by atoms with Gasteiger partial charge < -0.3 is 0 Å². The third kappa shape index (κ3) is 3.49. The van der Waals surface area contributed by atoms with E-state index in [0.717, 1.165) is 0 Å². The van der Waals surface area contributed by atoms with Crippen molar-refractivity contribution in [2.24, 2.45) is 0 Å². The lowest BCUT2D eigenvalue weighted by Crippen LogP contribution is -2.22. The summed E-state index contributed by atoms with van der Waals surface area (Å²) in [6.45, 7) is 0.352. The van der Waals surface area contributed by atoms with E-state index in [4.69, 9.17) is 0 Å². The zero-order chi connectivity index (χ0) is 6.41. The van der Waals surface area contributed by atoms with Gasteiger partial charge in [-0.05, 0) is 7.05 Å². The van der Waals surface area contributed by atoms with Crippen LogP contribution >= 0.6 is 0 Å². The molecule has 0 aliphatic rings. The Morgan fingerprint density at radius 3 is 1.88 bits per heavy atom. The Kier molecular flexibility index (Phi) is 4.07. The molecule has 0 bridgehead atoms. The molecule has 3 heteroatoms. The Morgan fingerprint density at radius 1 is 1.25 bits per heavy atom. The zero-order valence-electron chi connectivity index (χ0n) is 4.68. The first-order chi connectivity index (χ1) is 3.81. The van der Waals surface area contributed by atoms with E-state index in [-0.39, 0.29) is 13.1 Å². The van der Waals surface area contributed by atoms with E-state index >= 15 is 0 Å². The molecule has 44 valence electrons. The van der Waals surface area contributed by atoms with Crippen LogP contribution in [0, 0.1) is 0 Å². The van der Waals surface area contributed by atoms with Gasteiger partial charge in [-0.3, -0.25) is 14.5 Å². The molecular formula is C5H7NO2. The van der Waals surface area contributed by atoms with Crippen molar-refractivity contribution in [1.82, 2.24) is 4.90 Å². The molecule has 0 atom stereocenters. The summed E-state index contributed by atoms with van der Waals surface area (Å²) in [4.78, 5) is 20.7. The van der Waals surface area contributed by atoms with Gasteiger partial charge in [0.2, 0.25) is 12.6 Å². The summed E-state index contributed by atoms with van der Waals surface area (Å²) in [7, 11) is 1.65. The number of rotatable bonds is 4. The first kappa shape index (κ1) is 7.30. The maximum atomic E-state index is 9.59. The summed E-state index contributed by atoms with van der Waals surface area (Å²) in [5.74, 6) is 0. The molecule has 0 saturated carbocycles. The molecule has 0 rings (SSSR count). The Labute approximate surface area is 48.3 Å². The van der Waals surface area contributed by atoms with Crippen LogP contribution in [0.3, 0.4) is 0 Å². The van der Waals surface area contributed by atoms with Gasteiger partial charge in [0.15, 0.2) is 0 Å². The molecule has 0 heterocycles. The zero-order valence-corrected chi connectivity index (χ0v) is 4.68. The molecule has 0 aromatic rings. The Bertz CT molecular complexity index is 72.5. The highest BCUT2D eigenvalue weighted by molar-refractivity contribution is 5.56. The molecule has 3 nitrogen and oxygen atoms in total. The monoisotopic (exact) mass is 113 g/mol. The van der Waals surface area contributed by atoms with Crippen LogP contribution in [0.4, 0.5) is 0 Å². The van der Waals surface area contributed by atoms with Crippen molar-refractivity contribution < 1.29 is 9.59 Å². The molecule has 0 aromatic heterocycles. The van der Waals surface area contributed by atoms with E-state index in [1.54, 1.807) is 19.6 Å². The van der Waals surface area contributed by atoms with Crippen molar-refractivity contribution in [2.75, 3.05) is 20.1 Å². The second kappa shape index (κ2) is 4.46. The highest BCUT2D eigenvalue weighted by Gasteiger charge is 1.92. The van der Waals surface area contributed by atoms with Crippen molar-refractivity contribution in [3.8, 4) is 0 Å². The fourth-order valence-electron chi connectivity index (χ4n) is 0.276. The fourth-order valence-corrected chi connectivity index (χ4v) is 0.276. The van der Waals surface area contributed by atoms with Crippen LogP contribution < -0.4 is 0 Å². The normalized spacial score (nSPS) is 9.25. The molecule has 2 radical (unpaired) electrons. The van der Waals surface area contributed by atoms with Gasteiger partial charge in [0.05, 0.1) is 13.1 Å². The SMILES string of the molecule is CN(C[C]=O)C[C]=O. The van der Waals surface area contributed by atoms with Crippen LogP contribution in [-0.2, 0) is 9.59 Å². The Balaban J connectivity index is 3.16. The van der Waals surface area contributed by atoms with Crippen molar-refractivity contribution in [3.63, 3.8) is 0 Å². The molecule has 8 heavy (non-hydrogen) atoms. The van der Waals surface area contributed by atoms with Gasteiger partial charge >= 0.3 is 0 Å². The van der Waals surface area contributed by atoms with E-state index in [1.807, 2.05) is 0 Å². The molecule has 0 N–H and O–H groups in total. The fraction of sp³-hybridized carbons (Fsp3) is 0.600. The topological polar surface area (TPSA) is 37.4 Å². The van der Waals surface area contributed by atoms with Gasteiger partial charge in [-0.2, -0.15) is 0 Å². The molecule has 0 fully saturated rings. The predicted molar refractivity (Wildman–Crippen MR) is 28.9 cm³/mol. The number of likely N-dealkylation sites (N-methyl/N-ethyl adjacent to an activating group) is 1. The van der Waals surface area contributed by atoms with Crippen molar-refractivity contribution in [3.05, 3.63) is 0 Å². The summed E-state index contributed by atoms with van der Waals surface area (Å²) >= 11 is 0. The lowest BCUT2D eigenvalue weighted by Gasteiger charge is -2.04. The van der Waals surface area contributed by atoms with Gasteiger partial charge in [-0.15, -0.1) is 0 Å². The van der Waals surface area contributed by atoms with Crippen LogP contribution in [-0.4, -0.2) is 37.6 Å². The minimum atomic E-state index is 0.176. The minimum Gasteiger partial charge on any atom is -0.291 e. The number of hydrogen-bond donors (Lipinski definition) is 0. The lowest BCUT2D eigenvalue weighted by molar-refractivity contribution is 0.408. The first-order valence-electron chi connectivity index (χ1n) is 2.20. The van der Waals surface area contributed by atoms with Crippen molar-refractivity contribution in [1.29, 1.82) is 0 Å². The summed E-state index contributed by atoms with van der Waals surface area (Å²) in [6.07, 6.45) is 3.30. The summed E-state index contributed by atoms with van der Waals surface area (Å²) in [5.41, 5.74) is 0. The highest BCUT2D eigenvalue weighted by atomic mass is 16.1. The van der Waals surface area contributed by atoms with Crippen molar-refractivity contribution in [2.45, 2.75) is 0 Å². The number of hydrogen-bond acceptors (Lipinski definition) is 3. The Morgan fingerprint density at radius 2 is 1.62 bits per heavy atom. The van der Waals surface area contributed by atoms with Gasteiger partial charge in [-0.25, -0.2) is 0 Å². The quantitative estimate of drug-likeness (QED) is 0.476. The standard InChI is InChI=1S/C5H7NO2/c1-6(2-4-7)3-5-8/h2-3H2,1H3. The molecule has 0 aliphatic carbocycles. The third-order valence-corrected chi connectivity index (χ3v) is 0.669. The molecule has 0 saturated heterocycles. The molecule has 0 unspecified atom stereocenters. The molecule has 0 aromatic carbocycles. The first-order valence-corrected chi connectivity index (χ1v) is 2.20. The van der Waals surface area contributed by atoms with E-state index in [1.165, 1.54) is 4.90 Å². The van der Waals surface area contributed by atoms with E-state index in [0.29, 0.717) is 0 Å². The smallest absolute Gasteiger partial charge is 0.213 e. The third-order valence-electron chi connectivity index (χ3n) is 0.669. The van der Waals surface area contributed by atoms with Crippen LogP contribution in [0.5, 0.6) is 0 Å². The van der Waals surface area contributed by atoms with Crippen LogP contribution in [0.15, 0.2) is 0 Å². The lowest BCUT2D eigenvalue weighted by atomic mass is 10.6. The van der Waals surface area contributed by atoms with Gasteiger partial charge in [0, 0.05) is 0 Å². The van der Waals surface area contributed by atoms with Gasteiger partial charge in [0.1, 0.15) is 0 Å². The number of carbonyl (C=O) groups excluding carboxylic acids is 2. The second-order valence-electron chi connectivity index (χ2n) is 1.46. The second-order valence-corrected chi connectivity index (χ2v) is 1.46. The number of nitrogens with zero attached hydrogens (tertiary/aromatic N) is 1. The van der Waals surface area contributed by atoms with E-state index in [2.05, 4.69) is 0 Å². The molecule has 0 spiro atoms. The van der Waals surface area contributed by atoms with Crippen LogP contribution in [0.2, 0.25) is 0 Å². The maximum Gasteiger partial charge on any atom is 0.213 e. The predicted octanol–water partition coefficient (Wildman–Crippen LogP) is -0.862. The van der Waals surface area contributed by atoms with E-state index < -0.39 is 0 Å². The average molecular weight is 113 g/mol. The molecular weight excluding hydrogens is 106 g/mol. The summed E-state index contributed by atoms with van der Waals surface area (Å²) < 4.78 is 0. The summed E-state index contributed by atoms with van der Waals surface area (Å²) in [6, 6.07) is 0. The largest absolute Gasteiger partial charge is 0.291 e. The van der Waals surface area contributed by atoms with Crippen molar-refractivity contribution >= 4 is 12.6 Å². The van der Waals surface area contributed by atoms with Gasteiger partial charge in [-0.1, -0.05) is 0 Å². The van der Waals surface area contributed by atoms with Crippen LogP contribution in [0.1, 0.15) is 0 Å².